The molecule has 2 N–H and O–H groups in total. The number of nitrogens with one attached hydrogen (secondary N) is 2. The second-order valence-corrected chi connectivity index (χ2v) is 7.93. The van der Waals surface area contributed by atoms with Crippen molar-refractivity contribution in [1.82, 2.24) is 5.32 Å². The zero-order chi connectivity index (χ0) is 22.1. The molecule has 0 atom stereocenters. The number of thiocarbonyl (C=S) groups is 1. The van der Waals surface area contributed by atoms with Crippen LogP contribution >= 0.6 is 28.1 Å². The van der Waals surface area contributed by atoms with Crippen molar-refractivity contribution in [2.75, 3.05) is 11.9 Å². The van der Waals surface area contributed by atoms with Crippen molar-refractivity contribution in [3.8, 4) is 11.5 Å². The number of halogens is 1. The molecule has 7 heteroatoms. The maximum atomic E-state index is 12.6. The molecule has 0 radical (unpaired) electrons. The Kier molecular flexibility index (Phi) is 8.44. The summed E-state index contributed by atoms with van der Waals surface area (Å²) in [6.07, 6.45) is 0.908. The topological polar surface area (TPSA) is 59.6 Å². The van der Waals surface area contributed by atoms with Crippen LogP contribution < -0.4 is 20.1 Å². The lowest BCUT2D eigenvalue weighted by atomic mass is 10.2. The smallest absolute Gasteiger partial charge is 0.257 e. The number of ether oxygens (including phenoxy) is 2. The van der Waals surface area contributed by atoms with Gasteiger partial charge in [0.25, 0.3) is 5.91 Å². The first-order valence-electron chi connectivity index (χ1n) is 9.87. The van der Waals surface area contributed by atoms with Crippen LogP contribution in [0, 0.1) is 0 Å². The molecule has 3 aromatic carbocycles. The largest absolute Gasteiger partial charge is 0.492 e. The minimum atomic E-state index is -0.317. The zero-order valence-corrected chi connectivity index (χ0v) is 19.5. The van der Waals surface area contributed by atoms with Gasteiger partial charge in [0.2, 0.25) is 0 Å². The number of rotatable bonds is 8. The molecule has 0 bridgehead atoms. The molecule has 0 unspecified atom stereocenters. The standard InChI is InChI=1S/C24H23BrN2O3S/c1-2-14-29-21-13-12-18(15-19(21)25)23(28)27-24(31)26-20-10-6-7-11-22(20)30-16-17-8-4-3-5-9-17/h3-13,15H,2,14,16H2,1H3,(H2,26,27,28,31). The molecule has 1 amide bonds. The predicted octanol–water partition coefficient (Wildman–Crippen LogP) is 5.94. The van der Waals surface area contributed by atoms with Crippen molar-refractivity contribution in [3.05, 3.63) is 88.4 Å². The molecule has 3 aromatic rings. The van der Waals surface area contributed by atoms with Gasteiger partial charge < -0.3 is 14.8 Å². The number of para-hydroxylation sites is 2. The molecular formula is C24H23BrN2O3S. The molecule has 0 aliphatic rings. The minimum absolute atomic E-state index is 0.184. The number of benzene rings is 3. The number of anilines is 1. The van der Waals surface area contributed by atoms with Crippen LogP contribution in [0.15, 0.2) is 77.3 Å². The number of amides is 1. The summed E-state index contributed by atoms with van der Waals surface area (Å²) < 4.78 is 12.3. The second kappa shape index (κ2) is 11.5. The van der Waals surface area contributed by atoms with E-state index in [0.717, 1.165) is 12.0 Å². The van der Waals surface area contributed by atoms with E-state index in [1.54, 1.807) is 18.2 Å². The molecule has 31 heavy (non-hydrogen) atoms. The molecule has 160 valence electrons. The average Bonchev–Trinajstić information content (AvgIpc) is 2.78. The van der Waals surface area contributed by atoms with Gasteiger partial charge in [-0.15, -0.1) is 0 Å². The van der Waals surface area contributed by atoms with Gasteiger partial charge in [0.15, 0.2) is 5.11 Å². The third-order valence-electron chi connectivity index (χ3n) is 4.26. The van der Waals surface area contributed by atoms with E-state index in [1.807, 2.05) is 61.5 Å². The van der Waals surface area contributed by atoms with Crippen molar-refractivity contribution in [1.29, 1.82) is 0 Å². The Morgan fingerprint density at radius 2 is 1.71 bits per heavy atom. The van der Waals surface area contributed by atoms with E-state index < -0.39 is 0 Å². The highest BCUT2D eigenvalue weighted by Gasteiger charge is 2.12. The summed E-state index contributed by atoms with van der Waals surface area (Å²) in [4.78, 5) is 12.6. The molecule has 0 spiro atoms. The normalized spacial score (nSPS) is 10.3. The fourth-order valence-electron chi connectivity index (χ4n) is 2.73. The van der Waals surface area contributed by atoms with E-state index >= 15 is 0 Å². The van der Waals surface area contributed by atoms with Gasteiger partial charge in [-0.05, 0) is 70.5 Å². The quantitative estimate of drug-likeness (QED) is 0.376. The molecule has 0 aliphatic carbocycles. The number of carbonyl (C=O) groups excluding carboxylic acids is 1. The average molecular weight is 499 g/mol. The maximum absolute atomic E-state index is 12.6. The molecule has 0 aliphatic heterocycles. The van der Waals surface area contributed by atoms with E-state index in [0.29, 0.717) is 40.4 Å². The van der Waals surface area contributed by atoms with Crippen LogP contribution in [-0.2, 0) is 6.61 Å². The highest BCUT2D eigenvalue weighted by atomic mass is 79.9. The van der Waals surface area contributed by atoms with Crippen molar-refractivity contribution in [3.63, 3.8) is 0 Å². The van der Waals surface area contributed by atoms with Gasteiger partial charge in [-0.2, -0.15) is 0 Å². The van der Waals surface area contributed by atoms with Gasteiger partial charge in [-0.1, -0.05) is 49.4 Å². The van der Waals surface area contributed by atoms with Crippen LogP contribution in [0.1, 0.15) is 29.3 Å². The summed E-state index contributed by atoms with van der Waals surface area (Å²) >= 11 is 8.77. The van der Waals surface area contributed by atoms with E-state index in [4.69, 9.17) is 21.7 Å². The highest BCUT2D eigenvalue weighted by molar-refractivity contribution is 9.10. The molecule has 0 saturated carbocycles. The number of hydrogen-bond acceptors (Lipinski definition) is 4. The van der Waals surface area contributed by atoms with E-state index in [9.17, 15) is 4.79 Å². The van der Waals surface area contributed by atoms with Gasteiger partial charge in [0.1, 0.15) is 18.1 Å². The fourth-order valence-corrected chi connectivity index (χ4v) is 3.43. The molecule has 0 heterocycles. The monoisotopic (exact) mass is 498 g/mol. The Morgan fingerprint density at radius 1 is 0.968 bits per heavy atom. The lowest BCUT2D eigenvalue weighted by Gasteiger charge is -2.15. The lowest BCUT2D eigenvalue weighted by Crippen LogP contribution is -2.34. The Labute approximate surface area is 195 Å². The molecule has 3 rings (SSSR count). The highest BCUT2D eigenvalue weighted by Crippen LogP contribution is 2.27. The summed E-state index contributed by atoms with van der Waals surface area (Å²) in [5.74, 6) is 1.02. The molecule has 0 fully saturated rings. The summed E-state index contributed by atoms with van der Waals surface area (Å²) in [6, 6.07) is 22.5. The summed E-state index contributed by atoms with van der Waals surface area (Å²) in [7, 11) is 0. The third kappa shape index (κ3) is 6.80. The van der Waals surface area contributed by atoms with Gasteiger partial charge in [0, 0.05) is 5.56 Å². The Hall–Kier alpha value is -2.90. The van der Waals surface area contributed by atoms with E-state index in [2.05, 4.69) is 26.6 Å². The van der Waals surface area contributed by atoms with Crippen LogP contribution in [0.4, 0.5) is 5.69 Å². The first-order valence-corrected chi connectivity index (χ1v) is 11.1. The molecule has 5 nitrogen and oxygen atoms in total. The Balaban J connectivity index is 1.60. The number of carbonyl (C=O) groups is 1. The summed E-state index contributed by atoms with van der Waals surface area (Å²) in [6.45, 7) is 3.08. The van der Waals surface area contributed by atoms with Crippen LogP contribution in [0.3, 0.4) is 0 Å². The molecule has 0 aromatic heterocycles. The maximum Gasteiger partial charge on any atom is 0.257 e. The van der Waals surface area contributed by atoms with Crippen LogP contribution in [0.5, 0.6) is 11.5 Å². The van der Waals surface area contributed by atoms with Gasteiger partial charge in [-0.3, -0.25) is 10.1 Å². The SMILES string of the molecule is CCCOc1ccc(C(=O)NC(=S)Nc2ccccc2OCc2ccccc2)cc1Br. The summed E-state index contributed by atoms with van der Waals surface area (Å²) in [5, 5.41) is 5.92. The van der Waals surface area contributed by atoms with Crippen molar-refractivity contribution < 1.29 is 14.3 Å². The van der Waals surface area contributed by atoms with Crippen LogP contribution in [0.25, 0.3) is 0 Å². The third-order valence-corrected chi connectivity index (χ3v) is 5.08. The van der Waals surface area contributed by atoms with Gasteiger partial charge in [-0.25, -0.2) is 0 Å². The second-order valence-electron chi connectivity index (χ2n) is 6.67. The number of hydrogen-bond donors (Lipinski definition) is 2. The lowest BCUT2D eigenvalue weighted by molar-refractivity contribution is 0.0977. The molecular weight excluding hydrogens is 476 g/mol. The van der Waals surface area contributed by atoms with Crippen molar-refractivity contribution in [2.45, 2.75) is 20.0 Å². The van der Waals surface area contributed by atoms with Gasteiger partial charge in [0.05, 0.1) is 16.8 Å². The minimum Gasteiger partial charge on any atom is -0.492 e. The van der Waals surface area contributed by atoms with E-state index in [1.165, 1.54) is 0 Å². The van der Waals surface area contributed by atoms with Crippen LogP contribution in [-0.4, -0.2) is 17.6 Å². The Morgan fingerprint density at radius 3 is 2.45 bits per heavy atom. The molecule has 0 saturated heterocycles. The predicted molar refractivity (Wildman–Crippen MR) is 131 cm³/mol. The Bertz CT molecular complexity index is 1040. The fraction of sp³-hybridized carbons (Fsp3) is 0.167. The van der Waals surface area contributed by atoms with E-state index in [-0.39, 0.29) is 11.0 Å². The van der Waals surface area contributed by atoms with Crippen LogP contribution in [0.2, 0.25) is 0 Å². The first-order chi connectivity index (χ1) is 15.1. The summed E-state index contributed by atoms with van der Waals surface area (Å²) in [5.41, 5.74) is 2.20. The van der Waals surface area contributed by atoms with Gasteiger partial charge >= 0.3 is 0 Å². The van der Waals surface area contributed by atoms with Crippen molar-refractivity contribution >= 4 is 44.9 Å². The first kappa shape index (κ1) is 22.8. The zero-order valence-electron chi connectivity index (χ0n) is 17.1. The van der Waals surface area contributed by atoms with Crippen molar-refractivity contribution in [2.24, 2.45) is 0 Å².